The largest absolute Gasteiger partial charge is 0.508 e. The molecule has 0 bridgehead atoms. The van der Waals surface area contributed by atoms with Gasteiger partial charge in [-0.2, -0.15) is 0 Å². The number of hydrogen-bond donors (Lipinski definition) is 3. The van der Waals surface area contributed by atoms with Gasteiger partial charge in [-0.15, -0.1) is 0 Å². The number of carbonyl (C=O) groups excluding carboxylic acids is 1. The van der Waals surface area contributed by atoms with E-state index >= 15 is 0 Å². The van der Waals surface area contributed by atoms with Crippen LogP contribution < -0.4 is 5.32 Å². The molecular weight excluding hydrogens is 406 g/mol. The second kappa shape index (κ2) is 7.71. The first-order valence-corrected chi connectivity index (χ1v) is 10.6. The maximum atomic E-state index is 12.7. The Morgan fingerprint density at radius 3 is 2.03 bits per heavy atom. The highest BCUT2D eigenvalue weighted by atomic mass is 16.5. The quantitative estimate of drug-likeness (QED) is 0.539. The number of amides is 1. The van der Waals surface area contributed by atoms with Crippen LogP contribution in [0.3, 0.4) is 0 Å². The number of rotatable bonds is 6. The van der Waals surface area contributed by atoms with Crippen molar-refractivity contribution in [3.8, 4) is 16.9 Å². The molecule has 6 nitrogen and oxygen atoms in total. The van der Waals surface area contributed by atoms with E-state index in [9.17, 15) is 19.8 Å². The van der Waals surface area contributed by atoms with Crippen LogP contribution in [0.4, 0.5) is 4.79 Å². The molecule has 0 saturated heterocycles. The number of benzene rings is 3. The molecule has 1 saturated carbocycles. The predicted octanol–water partition coefficient (Wildman–Crippen LogP) is 4.42. The first kappa shape index (κ1) is 20.1. The molecule has 1 fully saturated rings. The molecule has 1 amide bonds. The van der Waals surface area contributed by atoms with Crippen molar-refractivity contribution in [1.82, 2.24) is 5.32 Å². The van der Waals surface area contributed by atoms with Gasteiger partial charge in [0.15, 0.2) is 0 Å². The number of phenols is 1. The van der Waals surface area contributed by atoms with E-state index in [-0.39, 0.29) is 18.3 Å². The van der Waals surface area contributed by atoms with Gasteiger partial charge >= 0.3 is 12.1 Å². The van der Waals surface area contributed by atoms with Crippen molar-refractivity contribution in [2.75, 3.05) is 6.61 Å². The Hall–Kier alpha value is -3.80. The number of alkyl carbamates (subject to hydrolysis) is 1. The molecule has 2 aliphatic rings. The van der Waals surface area contributed by atoms with Gasteiger partial charge in [0.2, 0.25) is 0 Å². The van der Waals surface area contributed by atoms with Gasteiger partial charge in [-0.3, -0.25) is 0 Å². The molecule has 0 aromatic heterocycles. The van der Waals surface area contributed by atoms with E-state index in [2.05, 4.69) is 17.4 Å². The zero-order chi connectivity index (χ0) is 22.3. The molecular formula is C26H23NO5. The molecule has 5 rings (SSSR count). The van der Waals surface area contributed by atoms with Crippen molar-refractivity contribution in [3.05, 3.63) is 89.5 Å². The summed E-state index contributed by atoms with van der Waals surface area (Å²) in [5, 5.41) is 22.0. The van der Waals surface area contributed by atoms with Crippen molar-refractivity contribution < 1.29 is 24.5 Å². The standard InChI is InChI=1S/C26H23NO5/c28-17-11-9-16(10-12-17)26(13-14-26)23(24(29)30)27-25(31)32-15-22-20-7-3-1-5-18(20)19-6-2-4-8-21(19)22/h1-12,22-23,28H,13-15H2,(H,27,31)(H,29,30). The molecule has 1 unspecified atom stereocenters. The van der Waals surface area contributed by atoms with E-state index in [1.54, 1.807) is 12.1 Å². The number of nitrogens with one attached hydrogen (secondary N) is 1. The average Bonchev–Trinajstić information content (AvgIpc) is 3.54. The summed E-state index contributed by atoms with van der Waals surface area (Å²) in [5.74, 6) is -1.09. The summed E-state index contributed by atoms with van der Waals surface area (Å²) in [4.78, 5) is 24.7. The van der Waals surface area contributed by atoms with Crippen molar-refractivity contribution in [2.24, 2.45) is 0 Å². The minimum absolute atomic E-state index is 0.0941. The number of hydrogen-bond acceptors (Lipinski definition) is 4. The lowest BCUT2D eigenvalue weighted by Crippen LogP contribution is -2.49. The molecule has 32 heavy (non-hydrogen) atoms. The maximum absolute atomic E-state index is 12.7. The lowest BCUT2D eigenvalue weighted by atomic mass is 9.88. The number of carbonyl (C=O) groups is 2. The molecule has 3 aromatic carbocycles. The van der Waals surface area contributed by atoms with E-state index in [1.165, 1.54) is 12.1 Å². The van der Waals surface area contributed by atoms with Crippen molar-refractivity contribution in [1.29, 1.82) is 0 Å². The Morgan fingerprint density at radius 1 is 0.938 bits per heavy atom. The van der Waals surface area contributed by atoms with E-state index in [4.69, 9.17) is 4.74 Å². The first-order chi connectivity index (χ1) is 15.5. The monoisotopic (exact) mass is 429 g/mol. The topological polar surface area (TPSA) is 95.9 Å². The maximum Gasteiger partial charge on any atom is 0.407 e. The van der Waals surface area contributed by atoms with Gasteiger partial charge in [0.25, 0.3) is 0 Å². The molecule has 0 spiro atoms. The third-order valence-corrected chi connectivity index (χ3v) is 6.64. The number of aliphatic carboxylic acids is 1. The van der Waals surface area contributed by atoms with Crippen molar-refractivity contribution in [3.63, 3.8) is 0 Å². The number of carboxylic acids is 1. The summed E-state index contributed by atoms with van der Waals surface area (Å²) in [6.45, 7) is 0.123. The highest BCUT2D eigenvalue weighted by Gasteiger charge is 2.55. The predicted molar refractivity (Wildman–Crippen MR) is 119 cm³/mol. The van der Waals surface area contributed by atoms with Gasteiger partial charge in [-0.05, 0) is 52.8 Å². The highest BCUT2D eigenvalue weighted by Crippen LogP contribution is 2.51. The molecule has 6 heteroatoms. The van der Waals surface area contributed by atoms with Crippen LogP contribution in [0, 0.1) is 0 Å². The second-order valence-electron chi connectivity index (χ2n) is 8.44. The fourth-order valence-corrected chi connectivity index (χ4v) is 4.87. The summed E-state index contributed by atoms with van der Waals surface area (Å²) in [6.07, 6.45) is 0.529. The number of aromatic hydroxyl groups is 1. The fraction of sp³-hybridized carbons (Fsp3) is 0.231. The van der Waals surface area contributed by atoms with E-state index in [1.807, 2.05) is 36.4 Å². The molecule has 2 aliphatic carbocycles. The number of fused-ring (bicyclic) bond motifs is 3. The van der Waals surface area contributed by atoms with Gasteiger partial charge in [0.05, 0.1) is 0 Å². The van der Waals surface area contributed by atoms with E-state index < -0.39 is 23.5 Å². The zero-order valence-corrected chi connectivity index (χ0v) is 17.3. The summed E-state index contributed by atoms with van der Waals surface area (Å²) in [7, 11) is 0. The van der Waals surface area contributed by atoms with E-state index in [0.717, 1.165) is 27.8 Å². The van der Waals surface area contributed by atoms with E-state index in [0.29, 0.717) is 12.8 Å². The number of phenolic OH excluding ortho intramolecular Hbond substituents is 1. The Bertz CT molecular complexity index is 1140. The van der Waals surface area contributed by atoms with Crippen LogP contribution in [0.1, 0.15) is 35.4 Å². The first-order valence-electron chi connectivity index (χ1n) is 10.6. The van der Waals surface area contributed by atoms with Crippen LogP contribution in [0.15, 0.2) is 72.8 Å². The fourth-order valence-electron chi connectivity index (χ4n) is 4.87. The third kappa shape index (κ3) is 3.38. The van der Waals surface area contributed by atoms with Crippen LogP contribution in [-0.4, -0.2) is 34.9 Å². The minimum Gasteiger partial charge on any atom is -0.508 e. The lowest BCUT2D eigenvalue weighted by Gasteiger charge is -2.25. The Morgan fingerprint density at radius 2 is 1.50 bits per heavy atom. The lowest BCUT2D eigenvalue weighted by molar-refractivity contribution is -0.140. The van der Waals surface area contributed by atoms with Crippen molar-refractivity contribution >= 4 is 12.1 Å². The Labute approximate surface area is 185 Å². The Balaban J connectivity index is 1.31. The molecule has 0 radical (unpaired) electrons. The smallest absolute Gasteiger partial charge is 0.407 e. The van der Waals surface area contributed by atoms with Crippen LogP contribution in [0.25, 0.3) is 11.1 Å². The van der Waals surface area contributed by atoms with Crippen LogP contribution in [0.2, 0.25) is 0 Å². The molecule has 1 atom stereocenters. The zero-order valence-electron chi connectivity index (χ0n) is 17.3. The SMILES string of the molecule is O=C(NC(C(=O)O)C1(c2ccc(O)cc2)CC1)OCC1c2ccccc2-c2ccccc21. The summed E-state index contributed by atoms with van der Waals surface area (Å²) in [6, 6.07) is 21.5. The van der Waals surface area contributed by atoms with Gasteiger partial charge in [0, 0.05) is 11.3 Å². The second-order valence-corrected chi connectivity index (χ2v) is 8.44. The molecule has 3 N–H and O–H groups in total. The van der Waals surface area contributed by atoms with Gasteiger partial charge in [0.1, 0.15) is 18.4 Å². The van der Waals surface area contributed by atoms with Gasteiger partial charge in [-0.1, -0.05) is 60.7 Å². The molecule has 162 valence electrons. The van der Waals surface area contributed by atoms with Crippen LogP contribution in [-0.2, 0) is 14.9 Å². The van der Waals surface area contributed by atoms with Crippen molar-refractivity contribution in [2.45, 2.75) is 30.2 Å². The molecule has 0 heterocycles. The van der Waals surface area contributed by atoms with Gasteiger partial charge < -0.3 is 20.3 Å². The number of carboxylic acid groups (broad SMARTS) is 1. The normalized spacial score (nSPS) is 16.5. The number of ether oxygens (including phenoxy) is 1. The van der Waals surface area contributed by atoms with Crippen LogP contribution >= 0.6 is 0 Å². The summed E-state index contributed by atoms with van der Waals surface area (Å²) >= 11 is 0. The summed E-state index contributed by atoms with van der Waals surface area (Å²) < 4.78 is 5.54. The molecule has 3 aromatic rings. The average molecular weight is 429 g/mol. The third-order valence-electron chi connectivity index (χ3n) is 6.64. The van der Waals surface area contributed by atoms with Gasteiger partial charge in [-0.25, -0.2) is 9.59 Å². The highest BCUT2D eigenvalue weighted by molar-refractivity contribution is 5.83. The summed E-state index contributed by atoms with van der Waals surface area (Å²) in [5.41, 5.74) is 4.54. The minimum atomic E-state index is -1.11. The van der Waals surface area contributed by atoms with Crippen LogP contribution in [0.5, 0.6) is 5.75 Å². The Kier molecular flexibility index (Phi) is 4.85. The molecule has 0 aliphatic heterocycles.